The average Bonchev–Trinajstić information content (AvgIpc) is 3.15. The Morgan fingerprint density at radius 2 is 1.82 bits per heavy atom. The summed E-state index contributed by atoms with van der Waals surface area (Å²) in [5.74, 6) is -0.694. The van der Waals surface area contributed by atoms with Crippen molar-refractivity contribution in [2.45, 2.75) is 6.29 Å². The topological polar surface area (TPSA) is 103 Å². The van der Waals surface area contributed by atoms with Crippen LogP contribution in [-0.4, -0.2) is 84.4 Å². The van der Waals surface area contributed by atoms with Crippen LogP contribution in [0, 0.1) is 0 Å². The molecule has 2 aliphatic rings. The Bertz CT molecular complexity index is 1090. The minimum Gasteiger partial charge on any atom is -0.461 e. The molecule has 1 fully saturated rings. The van der Waals surface area contributed by atoms with Crippen molar-refractivity contribution in [3.05, 3.63) is 47.8 Å². The standard InChI is InChI=1S/C22H22F2N4O6/c1-31-12-13-32-21-25-7-6-16(26-21)20(30)28-10-8-27(9-11-28)19(29)5-3-15-2-4-17-18(14-15)34-22(23,24)33-17/h2-7,14H,8-13H2,1H3/b5-3+. The van der Waals surface area contributed by atoms with E-state index in [0.717, 1.165) is 0 Å². The summed E-state index contributed by atoms with van der Waals surface area (Å²) in [6, 6.07) is 5.86. The van der Waals surface area contributed by atoms with E-state index in [4.69, 9.17) is 9.47 Å². The monoisotopic (exact) mass is 476 g/mol. The zero-order valence-electron chi connectivity index (χ0n) is 18.3. The van der Waals surface area contributed by atoms with Crippen LogP contribution in [-0.2, 0) is 9.53 Å². The van der Waals surface area contributed by atoms with Gasteiger partial charge < -0.3 is 28.7 Å². The SMILES string of the molecule is COCCOc1nccc(C(=O)N2CCN(C(=O)/C=C/c3ccc4c(c3)OC(F)(F)O4)CC2)n1. The first-order chi connectivity index (χ1) is 16.3. The van der Waals surface area contributed by atoms with E-state index in [0.29, 0.717) is 38.3 Å². The lowest BCUT2D eigenvalue weighted by molar-refractivity contribution is -0.286. The number of carbonyl (C=O) groups excluding carboxylic acids is 2. The Hall–Kier alpha value is -3.80. The van der Waals surface area contributed by atoms with Gasteiger partial charge >= 0.3 is 12.3 Å². The van der Waals surface area contributed by atoms with Crippen molar-refractivity contribution >= 4 is 17.9 Å². The highest BCUT2D eigenvalue weighted by atomic mass is 19.3. The Morgan fingerprint density at radius 3 is 2.59 bits per heavy atom. The molecule has 2 aromatic rings. The number of piperazine rings is 1. The van der Waals surface area contributed by atoms with Crippen LogP contribution in [0.25, 0.3) is 6.08 Å². The largest absolute Gasteiger partial charge is 0.586 e. The predicted octanol–water partition coefficient (Wildman–Crippen LogP) is 1.82. The number of halogens is 2. The van der Waals surface area contributed by atoms with E-state index in [2.05, 4.69) is 19.4 Å². The lowest BCUT2D eigenvalue weighted by Gasteiger charge is -2.34. The van der Waals surface area contributed by atoms with Crippen LogP contribution in [0.4, 0.5) is 8.78 Å². The highest BCUT2D eigenvalue weighted by Gasteiger charge is 2.43. The Balaban J connectivity index is 1.29. The normalized spacial score (nSPS) is 16.7. The number of hydrogen-bond acceptors (Lipinski definition) is 8. The maximum atomic E-state index is 13.1. The molecule has 10 nitrogen and oxygen atoms in total. The Morgan fingerprint density at radius 1 is 1.09 bits per heavy atom. The van der Waals surface area contributed by atoms with Crippen LogP contribution in [0.2, 0.25) is 0 Å². The van der Waals surface area contributed by atoms with Gasteiger partial charge in [0.1, 0.15) is 12.3 Å². The highest BCUT2D eigenvalue weighted by molar-refractivity contribution is 5.94. The minimum atomic E-state index is -3.69. The Labute approximate surface area is 193 Å². The van der Waals surface area contributed by atoms with Gasteiger partial charge in [-0.05, 0) is 29.8 Å². The van der Waals surface area contributed by atoms with E-state index < -0.39 is 6.29 Å². The van der Waals surface area contributed by atoms with Gasteiger partial charge in [0.25, 0.3) is 5.91 Å². The van der Waals surface area contributed by atoms with Gasteiger partial charge in [-0.1, -0.05) is 6.07 Å². The number of aromatic nitrogens is 2. The summed E-state index contributed by atoms with van der Waals surface area (Å²) < 4.78 is 45.3. The molecular formula is C22H22F2N4O6. The van der Waals surface area contributed by atoms with Crippen molar-refractivity contribution in [3.8, 4) is 17.5 Å². The van der Waals surface area contributed by atoms with E-state index in [-0.39, 0.29) is 41.6 Å². The number of alkyl halides is 2. The van der Waals surface area contributed by atoms with Crippen molar-refractivity contribution in [1.82, 2.24) is 19.8 Å². The molecule has 34 heavy (non-hydrogen) atoms. The summed E-state index contributed by atoms with van der Waals surface area (Å²) in [5, 5.41) is 0. The summed E-state index contributed by atoms with van der Waals surface area (Å²) in [4.78, 5) is 36.6. The minimum absolute atomic E-state index is 0.0633. The van der Waals surface area contributed by atoms with E-state index >= 15 is 0 Å². The second-order valence-electron chi connectivity index (χ2n) is 7.39. The third kappa shape index (κ3) is 5.57. The molecule has 0 aliphatic carbocycles. The molecule has 0 atom stereocenters. The molecule has 12 heteroatoms. The van der Waals surface area contributed by atoms with Crippen molar-refractivity contribution in [3.63, 3.8) is 0 Å². The summed E-state index contributed by atoms with van der Waals surface area (Å²) in [6.07, 6.45) is 0.610. The lowest BCUT2D eigenvalue weighted by Crippen LogP contribution is -2.50. The van der Waals surface area contributed by atoms with Crippen LogP contribution < -0.4 is 14.2 Å². The molecule has 180 valence electrons. The first-order valence-electron chi connectivity index (χ1n) is 10.5. The van der Waals surface area contributed by atoms with Crippen molar-refractivity contribution < 1.29 is 37.3 Å². The van der Waals surface area contributed by atoms with E-state index in [9.17, 15) is 18.4 Å². The molecule has 0 spiro atoms. The molecule has 1 aromatic heterocycles. The number of carbonyl (C=O) groups is 2. The van der Waals surface area contributed by atoms with Gasteiger partial charge in [-0.2, -0.15) is 4.98 Å². The highest BCUT2D eigenvalue weighted by Crippen LogP contribution is 2.41. The smallest absolute Gasteiger partial charge is 0.461 e. The lowest BCUT2D eigenvalue weighted by atomic mass is 10.2. The van der Waals surface area contributed by atoms with Crippen LogP contribution in [0.3, 0.4) is 0 Å². The van der Waals surface area contributed by atoms with Gasteiger partial charge in [-0.25, -0.2) is 4.98 Å². The molecule has 3 heterocycles. The Kier molecular flexibility index (Phi) is 6.87. The fourth-order valence-corrected chi connectivity index (χ4v) is 3.38. The first-order valence-corrected chi connectivity index (χ1v) is 10.5. The molecule has 2 amide bonds. The zero-order valence-corrected chi connectivity index (χ0v) is 18.3. The van der Waals surface area contributed by atoms with Gasteiger partial charge in [0.2, 0.25) is 5.91 Å². The van der Waals surface area contributed by atoms with Crippen molar-refractivity contribution in [2.24, 2.45) is 0 Å². The number of hydrogen-bond donors (Lipinski definition) is 0. The van der Waals surface area contributed by atoms with E-state index in [1.165, 1.54) is 36.5 Å². The summed E-state index contributed by atoms with van der Waals surface area (Å²) in [6.45, 7) is 1.98. The number of benzene rings is 1. The van der Waals surface area contributed by atoms with Crippen molar-refractivity contribution in [1.29, 1.82) is 0 Å². The number of nitrogens with zero attached hydrogens (tertiary/aromatic N) is 4. The molecule has 4 rings (SSSR count). The number of fused-ring (bicyclic) bond motifs is 1. The van der Waals surface area contributed by atoms with Crippen LogP contribution in [0.1, 0.15) is 16.1 Å². The van der Waals surface area contributed by atoms with Gasteiger partial charge in [-0.3, -0.25) is 9.59 Å². The first kappa shape index (κ1) is 23.4. The summed E-state index contributed by atoms with van der Waals surface area (Å²) in [5.41, 5.74) is 0.713. The van der Waals surface area contributed by atoms with Crippen molar-refractivity contribution in [2.75, 3.05) is 46.5 Å². The molecule has 1 aromatic carbocycles. The maximum absolute atomic E-state index is 13.1. The molecular weight excluding hydrogens is 454 g/mol. The molecule has 0 unspecified atom stereocenters. The fourth-order valence-electron chi connectivity index (χ4n) is 3.38. The summed E-state index contributed by atoms with van der Waals surface area (Å²) >= 11 is 0. The predicted molar refractivity (Wildman–Crippen MR) is 114 cm³/mol. The molecule has 2 aliphatic heterocycles. The number of rotatable bonds is 7. The van der Waals surface area contributed by atoms with Crippen LogP contribution in [0.15, 0.2) is 36.5 Å². The van der Waals surface area contributed by atoms with Crippen LogP contribution in [0.5, 0.6) is 17.5 Å². The van der Waals surface area contributed by atoms with Crippen LogP contribution >= 0.6 is 0 Å². The quantitative estimate of drug-likeness (QED) is 0.441. The fraction of sp³-hybridized carbons (Fsp3) is 0.364. The average molecular weight is 476 g/mol. The number of ether oxygens (including phenoxy) is 4. The third-order valence-electron chi connectivity index (χ3n) is 5.09. The molecule has 0 saturated carbocycles. The molecule has 0 N–H and O–H groups in total. The number of amides is 2. The zero-order chi connectivity index (χ0) is 24.1. The molecule has 1 saturated heterocycles. The molecule has 0 bridgehead atoms. The van der Waals surface area contributed by atoms with Gasteiger partial charge in [-0.15, -0.1) is 8.78 Å². The van der Waals surface area contributed by atoms with E-state index in [1.54, 1.807) is 23.0 Å². The maximum Gasteiger partial charge on any atom is 0.586 e. The third-order valence-corrected chi connectivity index (χ3v) is 5.09. The second kappa shape index (κ2) is 10.00. The van der Waals surface area contributed by atoms with Gasteiger partial charge in [0, 0.05) is 45.6 Å². The summed E-state index contributed by atoms with van der Waals surface area (Å²) in [7, 11) is 1.55. The number of methoxy groups -OCH3 is 1. The van der Waals surface area contributed by atoms with E-state index in [1.807, 2.05) is 0 Å². The molecule has 0 radical (unpaired) electrons. The van der Waals surface area contributed by atoms with Gasteiger partial charge in [0.05, 0.1) is 6.61 Å². The van der Waals surface area contributed by atoms with Gasteiger partial charge in [0.15, 0.2) is 11.5 Å². The second-order valence-corrected chi connectivity index (χ2v) is 7.39.